The lowest BCUT2D eigenvalue weighted by Crippen LogP contribution is -2.01. The molecule has 0 aliphatic rings. The zero-order valence-electron chi connectivity index (χ0n) is 15.0. The van der Waals surface area contributed by atoms with Crippen molar-refractivity contribution in [2.24, 2.45) is 0 Å². The topological polar surface area (TPSA) is 62.3 Å². The van der Waals surface area contributed by atoms with Crippen LogP contribution in [0.25, 0.3) is 33.5 Å². The molecule has 0 bridgehead atoms. The second kappa shape index (κ2) is 6.29. The molecule has 3 aromatic heterocycles. The summed E-state index contributed by atoms with van der Waals surface area (Å²) in [5, 5.41) is 8.76. The molecule has 0 saturated heterocycles. The zero-order chi connectivity index (χ0) is 18.2. The van der Waals surface area contributed by atoms with Gasteiger partial charge in [-0.2, -0.15) is 5.10 Å². The number of aromatic nitrogens is 5. The van der Waals surface area contributed by atoms with E-state index in [0.29, 0.717) is 6.54 Å². The first-order valence-corrected chi connectivity index (χ1v) is 8.97. The first-order valence-electron chi connectivity index (χ1n) is 8.97. The molecule has 132 valence electrons. The number of para-hydroxylation sites is 1. The summed E-state index contributed by atoms with van der Waals surface area (Å²) < 4.78 is 2.16. The Morgan fingerprint density at radius 1 is 0.963 bits per heavy atom. The zero-order valence-corrected chi connectivity index (χ0v) is 15.0. The highest BCUT2D eigenvalue weighted by Gasteiger charge is 2.17. The van der Waals surface area contributed by atoms with Crippen LogP contribution in [0, 0.1) is 6.92 Å². The van der Waals surface area contributed by atoms with Crippen LogP contribution in [0.1, 0.15) is 11.4 Å². The number of benzene rings is 2. The minimum atomic E-state index is 0.704. The summed E-state index contributed by atoms with van der Waals surface area (Å²) in [4.78, 5) is 8.22. The molecule has 0 saturated carbocycles. The maximum Gasteiger partial charge on any atom is 0.111 e. The van der Waals surface area contributed by atoms with E-state index in [2.05, 4.69) is 62.2 Å². The highest BCUT2D eigenvalue weighted by atomic mass is 15.2. The van der Waals surface area contributed by atoms with Crippen molar-refractivity contribution in [2.45, 2.75) is 13.5 Å². The van der Waals surface area contributed by atoms with Gasteiger partial charge >= 0.3 is 0 Å². The minimum absolute atomic E-state index is 0.704. The summed E-state index contributed by atoms with van der Waals surface area (Å²) in [6, 6.07) is 22.8. The Labute approximate surface area is 156 Å². The van der Waals surface area contributed by atoms with Crippen molar-refractivity contribution in [3.8, 4) is 22.6 Å². The van der Waals surface area contributed by atoms with Gasteiger partial charge in [0, 0.05) is 22.5 Å². The summed E-state index contributed by atoms with van der Waals surface area (Å²) in [6.07, 6.45) is 1.90. The molecule has 0 fully saturated rings. The maximum absolute atomic E-state index is 4.72. The Hall–Kier alpha value is -3.60. The Morgan fingerprint density at radius 2 is 1.78 bits per heavy atom. The molecule has 2 aromatic carbocycles. The fourth-order valence-electron chi connectivity index (χ4n) is 3.52. The number of nitrogens with zero attached hydrogens (tertiary/aromatic N) is 3. The van der Waals surface area contributed by atoms with Gasteiger partial charge in [-0.1, -0.05) is 48.5 Å². The third-order valence-corrected chi connectivity index (χ3v) is 4.76. The van der Waals surface area contributed by atoms with Crippen molar-refractivity contribution >= 4 is 10.9 Å². The largest absolute Gasteiger partial charge is 0.357 e. The van der Waals surface area contributed by atoms with Crippen LogP contribution < -0.4 is 0 Å². The number of aryl methyl sites for hydroxylation is 1. The molecule has 0 atom stereocenters. The van der Waals surface area contributed by atoms with Crippen molar-refractivity contribution in [2.75, 3.05) is 0 Å². The number of nitrogens with one attached hydrogen (secondary N) is 2. The molecule has 0 amide bonds. The molecular formula is C22H19N5. The Kier molecular flexibility index (Phi) is 3.64. The van der Waals surface area contributed by atoms with Crippen LogP contribution in [0.15, 0.2) is 73.1 Å². The first-order chi connectivity index (χ1) is 13.3. The number of hydrogen-bond acceptors (Lipinski definition) is 2. The second-order valence-electron chi connectivity index (χ2n) is 6.75. The quantitative estimate of drug-likeness (QED) is 0.488. The number of imidazole rings is 1. The molecule has 3 heterocycles. The molecule has 5 nitrogen and oxygen atoms in total. The van der Waals surface area contributed by atoms with Crippen LogP contribution >= 0.6 is 0 Å². The first kappa shape index (κ1) is 15.6. The van der Waals surface area contributed by atoms with E-state index in [1.807, 2.05) is 37.5 Å². The van der Waals surface area contributed by atoms with Gasteiger partial charge in [0.05, 0.1) is 24.3 Å². The number of fused-ring (bicyclic) bond motifs is 1. The van der Waals surface area contributed by atoms with Gasteiger partial charge < -0.3 is 9.55 Å². The molecule has 0 aliphatic carbocycles. The smallest absolute Gasteiger partial charge is 0.111 e. The van der Waals surface area contributed by atoms with Crippen molar-refractivity contribution < 1.29 is 0 Å². The van der Waals surface area contributed by atoms with E-state index in [-0.39, 0.29) is 0 Å². The fourth-order valence-corrected chi connectivity index (χ4v) is 3.52. The lowest BCUT2D eigenvalue weighted by Gasteiger charge is -2.07. The molecular weight excluding hydrogens is 334 g/mol. The standard InChI is InChI=1S/C22H19N5/c1-15-11-20(26-25-15)22-21(16-7-3-2-4-8-16)23-14-27(22)13-18-12-17-9-5-6-10-19(17)24-18/h2-12,14,24H,13H2,1H3,(H,25,26). The van der Waals surface area contributed by atoms with Crippen molar-refractivity contribution in [1.29, 1.82) is 0 Å². The number of aromatic amines is 2. The average molecular weight is 353 g/mol. The minimum Gasteiger partial charge on any atom is -0.357 e. The molecule has 5 rings (SSSR count). The van der Waals surface area contributed by atoms with Gasteiger partial charge in [0.25, 0.3) is 0 Å². The third-order valence-electron chi connectivity index (χ3n) is 4.76. The van der Waals surface area contributed by atoms with E-state index in [9.17, 15) is 0 Å². The van der Waals surface area contributed by atoms with Gasteiger partial charge in [0.2, 0.25) is 0 Å². The van der Waals surface area contributed by atoms with Crippen LogP contribution in [-0.2, 0) is 6.54 Å². The van der Waals surface area contributed by atoms with Gasteiger partial charge in [-0.25, -0.2) is 4.98 Å². The van der Waals surface area contributed by atoms with E-state index in [1.54, 1.807) is 0 Å². The summed E-state index contributed by atoms with van der Waals surface area (Å²) in [5.74, 6) is 0. The van der Waals surface area contributed by atoms with E-state index < -0.39 is 0 Å². The van der Waals surface area contributed by atoms with Crippen LogP contribution in [0.3, 0.4) is 0 Å². The van der Waals surface area contributed by atoms with Gasteiger partial charge in [0.15, 0.2) is 0 Å². The van der Waals surface area contributed by atoms with E-state index >= 15 is 0 Å². The Morgan fingerprint density at radius 3 is 2.56 bits per heavy atom. The van der Waals surface area contributed by atoms with Gasteiger partial charge in [-0.3, -0.25) is 5.10 Å². The number of rotatable bonds is 4. The Bertz CT molecular complexity index is 1180. The van der Waals surface area contributed by atoms with Crippen LogP contribution in [0.4, 0.5) is 0 Å². The fraction of sp³-hybridized carbons (Fsp3) is 0.0909. The van der Waals surface area contributed by atoms with Crippen LogP contribution in [-0.4, -0.2) is 24.7 Å². The molecule has 27 heavy (non-hydrogen) atoms. The van der Waals surface area contributed by atoms with E-state index in [1.165, 1.54) is 5.39 Å². The normalized spacial score (nSPS) is 11.3. The predicted octanol–water partition coefficient (Wildman–Crippen LogP) is 4.78. The molecule has 5 aromatic rings. The third kappa shape index (κ3) is 2.83. The SMILES string of the molecule is Cc1cc(-c2c(-c3ccccc3)ncn2Cc2cc3ccccc3[nH]2)n[nH]1. The highest BCUT2D eigenvalue weighted by molar-refractivity contribution is 5.80. The van der Waals surface area contributed by atoms with E-state index in [4.69, 9.17) is 4.98 Å². The summed E-state index contributed by atoms with van der Waals surface area (Å²) in [6.45, 7) is 2.72. The number of H-pyrrole nitrogens is 2. The average Bonchev–Trinajstić information content (AvgIpc) is 3.40. The van der Waals surface area contributed by atoms with E-state index in [0.717, 1.165) is 39.5 Å². The predicted molar refractivity (Wildman–Crippen MR) is 107 cm³/mol. The van der Waals surface area contributed by atoms with Gasteiger partial charge in [0.1, 0.15) is 5.69 Å². The monoisotopic (exact) mass is 353 g/mol. The second-order valence-corrected chi connectivity index (χ2v) is 6.75. The lowest BCUT2D eigenvalue weighted by atomic mass is 10.1. The van der Waals surface area contributed by atoms with Gasteiger partial charge in [-0.15, -0.1) is 0 Å². The Balaban J connectivity index is 1.62. The van der Waals surface area contributed by atoms with Gasteiger partial charge in [-0.05, 0) is 30.5 Å². The van der Waals surface area contributed by atoms with Crippen LogP contribution in [0.5, 0.6) is 0 Å². The summed E-state index contributed by atoms with van der Waals surface area (Å²) >= 11 is 0. The van der Waals surface area contributed by atoms with Crippen molar-refractivity contribution in [3.05, 3.63) is 84.4 Å². The summed E-state index contributed by atoms with van der Waals surface area (Å²) in [7, 11) is 0. The molecule has 0 unspecified atom stereocenters. The molecule has 0 aliphatic heterocycles. The molecule has 0 radical (unpaired) electrons. The lowest BCUT2D eigenvalue weighted by molar-refractivity contribution is 0.785. The molecule has 2 N–H and O–H groups in total. The van der Waals surface area contributed by atoms with Crippen molar-refractivity contribution in [3.63, 3.8) is 0 Å². The van der Waals surface area contributed by atoms with Crippen molar-refractivity contribution in [1.82, 2.24) is 24.7 Å². The number of hydrogen-bond donors (Lipinski definition) is 2. The van der Waals surface area contributed by atoms with Crippen LogP contribution in [0.2, 0.25) is 0 Å². The highest BCUT2D eigenvalue weighted by Crippen LogP contribution is 2.31. The molecule has 5 heteroatoms. The molecule has 0 spiro atoms. The maximum atomic E-state index is 4.72. The summed E-state index contributed by atoms with van der Waals surface area (Å²) in [5.41, 5.74) is 7.27.